The highest BCUT2D eigenvalue weighted by atomic mass is 16.5. The van der Waals surface area contributed by atoms with Crippen LogP contribution in [0.15, 0.2) is 24.3 Å². The molecule has 1 amide bonds. The van der Waals surface area contributed by atoms with Crippen LogP contribution in [0.4, 0.5) is 0 Å². The Balaban J connectivity index is 1.36. The zero-order valence-corrected chi connectivity index (χ0v) is 16.1. The normalized spacial score (nSPS) is 27.4. The molecule has 6 heteroatoms. The summed E-state index contributed by atoms with van der Waals surface area (Å²) < 4.78 is 5.65. The first-order chi connectivity index (χ1) is 13.1. The monoisotopic (exact) mass is 373 g/mol. The maximum atomic E-state index is 13.0. The van der Waals surface area contributed by atoms with Crippen molar-refractivity contribution < 1.29 is 14.6 Å². The van der Waals surface area contributed by atoms with Gasteiger partial charge in [0.1, 0.15) is 5.60 Å². The van der Waals surface area contributed by atoms with Crippen molar-refractivity contribution >= 4 is 5.91 Å². The van der Waals surface area contributed by atoms with Crippen molar-refractivity contribution in [3.8, 4) is 0 Å². The second-order valence-electron chi connectivity index (χ2n) is 8.30. The van der Waals surface area contributed by atoms with Gasteiger partial charge in [0.25, 0.3) is 0 Å². The molecule has 6 nitrogen and oxygen atoms in total. The molecule has 3 heterocycles. The van der Waals surface area contributed by atoms with E-state index < -0.39 is 5.60 Å². The van der Waals surface area contributed by atoms with Gasteiger partial charge in [-0.3, -0.25) is 9.69 Å². The fourth-order valence-corrected chi connectivity index (χ4v) is 4.56. The molecule has 148 valence electrons. The number of likely N-dealkylation sites (tertiary alicyclic amines) is 1. The van der Waals surface area contributed by atoms with Crippen LogP contribution in [0.5, 0.6) is 0 Å². The lowest BCUT2D eigenvalue weighted by Gasteiger charge is -2.35. The summed E-state index contributed by atoms with van der Waals surface area (Å²) in [5.74, 6) is 0.0970. The number of hydrogen-bond donors (Lipinski definition) is 1. The van der Waals surface area contributed by atoms with Gasteiger partial charge in [0, 0.05) is 26.2 Å². The number of ether oxygens (including phenoxy) is 1. The van der Waals surface area contributed by atoms with E-state index in [-0.39, 0.29) is 5.91 Å². The highest BCUT2D eigenvalue weighted by Crippen LogP contribution is 2.20. The molecule has 2 fully saturated rings. The molecular weight excluding hydrogens is 342 g/mol. The Hall–Kier alpha value is -1.47. The van der Waals surface area contributed by atoms with E-state index in [4.69, 9.17) is 4.74 Å². The first-order valence-corrected chi connectivity index (χ1v) is 10.2. The molecule has 1 N–H and O–H groups in total. The molecule has 0 unspecified atom stereocenters. The fourth-order valence-electron chi connectivity index (χ4n) is 4.56. The fraction of sp³-hybridized carbons (Fsp3) is 0.667. The van der Waals surface area contributed by atoms with Crippen LogP contribution in [-0.2, 0) is 22.5 Å². The quantitative estimate of drug-likeness (QED) is 0.843. The summed E-state index contributed by atoms with van der Waals surface area (Å²) >= 11 is 0. The molecule has 1 aromatic carbocycles. The second kappa shape index (κ2) is 8.27. The molecule has 1 atom stereocenters. The molecule has 3 aliphatic rings. The first-order valence-electron chi connectivity index (χ1n) is 10.2. The van der Waals surface area contributed by atoms with Gasteiger partial charge in [0.15, 0.2) is 0 Å². The Bertz CT molecular complexity index is 662. The molecule has 2 saturated heterocycles. The van der Waals surface area contributed by atoms with E-state index >= 15 is 0 Å². The molecule has 0 saturated carbocycles. The van der Waals surface area contributed by atoms with E-state index in [1.807, 2.05) is 4.90 Å². The molecule has 0 aromatic heterocycles. The average Bonchev–Trinajstić information content (AvgIpc) is 3.08. The summed E-state index contributed by atoms with van der Waals surface area (Å²) in [6.45, 7) is 6.53. The van der Waals surface area contributed by atoms with Crippen molar-refractivity contribution in [2.75, 3.05) is 59.0 Å². The summed E-state index contributed by atoms with van der Waals surface area (Å²) in [7, 11) is 0. The van der Waals surface area contributed by atoms with E-state index in [9.17, 15) is 9.90 Å². The predicted octanol–water partition coefficient (Wildman–Crippen LogP) is 0.730. The molecular formula is C21H31N3O3. The van der Waals surface area contributed by atoms with Gasteiger partial charge in [-0.2, -0.15) is 0 Å². The van der Waals surface area contributed by atoms with Crippen LogP contribution >= 0.6 is 0 Å². The van der Waals surface area contributed by atoms with Gasteiger partial charge in [-0.05, 0) is 43.5 Å². The molecule has 4 rings (SSSR count). The number of fused-ring (bicyclic) bond motifs is 1. The van der Waals surface area contributed by atoms with Gasteiger partial charge < -0.3 is 19.6 Å². The van der Waals surface area contributed by atoms with E-state index in [2.05, 4.69) is 34.1 Å². The van der Waals surface area contributed by atoms with E-state index in [1.165, 1.54) is 24.0 Å². The molecule has 0 radical (unpaired) electrons. The van der Waals surface area contributed by atoms with Crippen LogP contribution < -0.4 is 0 Å². The van der Waals surface area contributed by atoms with Gasteiger partial charge in [0.2, 0.25) is 5.91 Å². The zero-order chi connectivity index (χ0) is 18.7. The molecule has 0 spiro atoms. The topological polar surface area (TPSA) is 56.3 Å². The van der Waals surface area contributed by atoms with Crippen molar-refractivity contribution in [1.29, 1.82) is 0 Å². The number of carbonyl (C=O) groups excluding carboxylic acids is 1. The Kier molecular flexibility index (Phi) is 5.78. The number of carbonyl (C=O) groups is 1. The van der Waals surface area contributed by atoms with Gasteiger partial charge in [-0.1, -0.05) is 24.3 Å². The maximum absolute atomic E-state index is 13.0. The number of aliphatic hydroxyl groups is 1. The van der Waals surface area contributed by atoms with Crippen LogP contribution in [-0.4, -0.2) is 90.3 Å². The Labute approximate surface area is 161 Å². The third kappa shape index (κ3) is 4.69. The predicted molar refractivity (Wildman–Crippen MR) is 103 cm³/mol. The second-order valence-corrected chi connectivity index (χ2v) is 8.30. The summed E-state index contributed by atoms with van der Waals surface area (Å²) in [6, 6.07) is 8.48. The zero-order valence-electron chi connectivity index (χ0n) is 16.1. The number of amides is 1. The van der Waals surface area contributed by atoms with Crippen LogP contribution in [0.25, 0.3) is 0 Å². The Morgan fingerprint density at radius 3 is 2.67 bits per heavy atom. The molecule has 27 heavy (non-hydrogen) atoms. The summed E-state index contributed by atoms with van der Waals surface area (Å²) in [6.07, 6.45) is 3.37. The molecule has 3 aliphatic heterocycles. The van der Waals surface area contributed by atoms with Crippen molar-refractivity contribution in [1.82, 2.24) is 14.7 Å². The van der Waals surface area contributed by atoms with Crippen LogP contribution in [0.2, 0.25) is 0 Å². The van der Waals surface area contributed by atoms with Crippen LogP contribution in [0.3, 0.4) is 0 Å². The number of nitrogens with zero attached hydrogens (tertiary/aromatic N) is 3. The number of β-amino-alcohol motifs (C(OH)–C–C–N with tert-alkyl or cyclic N) is 1. The maximum Gasteiger partial charge on any atom is 0.236 e. The molecule has 0 aliphatic carbocycles. The highest BCUT2D eigenvalue weighted by Gasteiger charge is 2.37. The highest BCUT2D eigenvalue weighted by molar-refractivity contribution is 5.78. The number of benzene rings is 1. The van der Waals surface area contributed by atoms with Crippen molar-refractivity contribution in [2.45, 2.75) is 31.4 Å². The average molecular weight is 373 g/mol. The SMILES string of the molecule is O=C(CN1CCc2ccccc2C1)N1CCOC[C@@](O)(CN2CCCC2)C1. The molecule has 1 aromatic rings. The minimum atomic E-state index is -0.967. The lowest BCUT2D eigenvalue weighted by atomic mass is 10.00. The lowest BCUT2D eigenvalue weighted by molar-refractivity contribution is -0.136. The number of hydrogen-bond acceptors (Lipinski definition) is 5. The van der Waals surface area contributed by atoms with Gasteiger partial charge in [-0.25, -0.2) is 0 Å². The van der Waals surface area contributed by atoms with E-state index in [1.54, 1.807) is 0 Å². The summed E-state index contributed by atoms with van der Waals surface area (Å²) in [4.78, 5) is 19.3. The standard InChI is InChI=1S/C21H31N3O3/c25-20(14-23-10-7-18-5-1-2-6-19(18)13-23)24-11-12-27-17-21(26,16-24)15-22-8-3-4-9-22/h1-2,5-6,26H,3-4,7-17H2/t21-/m1/s1. The minimum Gasteiger partial charge on any atom is -0.384 e. The summed E-state index contributed by atoms with van der Waals surface area (Å²) in [5, 5.41) is 11.1. The van der Waals surface area contributed by atoms with E-state index in [0.717, 1.165) is 32.6 Å². The van der Waals surface area contributed by atoms with Gasteiger partial charge in [0.05, 0.1) is 26.3 Å². The Morgan fingerprint density at radius 1 is 1.07 bits per heavy atom. The van der Waals surface area contributed by atoms with Crippen molar-refractivity contribution in [2.24, 2.45) is 0 Å². The van der Waals surface area contributed by atoms with E-state index in [0.29, 0.717) is 39.4 Å². The van der Waals surface area contributed by atoms with Crippen molar-refractivity contribution in [3.05, 3.63) is 35.4 Å². The lowest BCUT2D eigenvalue weighted by Crippen LogP contribution is -2.54. The van der Waals surface area contributed by atoms with Gasteiger partial charge >= 0.3 is 0 Å². The van der Waals surface area contributed by atoms with Gasteiger partial charge in [-0.15, -0.1) is 0 Å². The third-order valence-corrected chi connectivity index (χ3v) is 6.00. The minimum absolute atomic E-state index is 0.0970. The van der Waals surface area contributed by atoms with Crippen LogP contribution in [0.1, 0.15) is 24.0 Å². The smallest absolute Gasteiger partial charge is 0.236 e. The number of rotatable bonds is 4. The Morgan fingerprint density at radius 2 is 1.85 bits per heavy atom. The molecule has 0 bridgehead atoms. The first kappa shape index (κ1) is 18.9. The summed E-state index contributed by atoms with van der Waals surface area (Å²) in [5.41, 5.74) is 1.75. The van der Waals surface area contributed by atoms with Crippen molar-refractivity contribution in [3.63, 3.8) is 0 Å². The van der Waals surface area contributed by atoms with Crippen LogP contribution in [0, 0.1) is 0 Å². The third-order valence-electron chi connectivity index (χ3n) is 6.00. The largest absolute Gasteiger partial charge is 0.384 e.